The molecule has 0 radical (unpaired) electrons. The number of nitrogens with zero attached hydrogens (tertiary/aromatic N) is 5. The maximum absolute atomic E-state index is 6.42. The molecule has 6 nitrogen and oxygen atoms in total. The lowest BCUT2D eigenvalue weighted by molar-refractivity contribution is 0.892. The van der Waals surface area contributed by atoms with Gasteiger partial charge in [0, 0.05) is 18.7 Å². The van der Waals surface area contributed by atoms with E-state index in [1.165, 1.54) is 0 Å². The highest BCUT2D eigenvalue weighted by Crippen LogP contribution is 2.37. The number of nitrogens with one attached hydrogen (secondary N) is 1. The predicted octanol–water partition coefficient (Wildman–Crippen LogP) is 5.33. The van der Waals surface area contributed by atoms with Gasteiger partial charge in [-0.15, -0.1) is 13.2 Å². The Labute approximate surface area is 171 Å². The Morgan fingerprint density at radius 1 is 1.07 bits per heavy atom. The second-order valence-corrected chi connectivity index (χ2v) is 7.19. The summed E-state index contributed by atoms with van der Waals surface area (Å²) in [6.07, 6.45) is 3.65. The summed E-state index contributed by atoms with van der Waals surface area (Å²) in [6, 6.07) is 1.65. The third-order valence-corrected chi connectivity index (χ3v) is 5.03. The molecule has 0 spiro atoms. The van der Waals surface area contributed by atoms with Crippen molar-refractivity contribution in [3.05, 3.63) is 52.8 Å². The van der Waals surface area contributed by atoms with Gasteiger partial charge in [-0.05, 0) is 19.9 Å². The standard InChI is InChI=1S/C18H18Cl2N6S/c1-5-7-26(8-6-2)18-10(3)17(21-11(4)22-18)23-14-12(19)9-13(20)15-16(14)25-27-24-15/h5-6,9H,1-2,7-8H2,3-4H3,(H,21,22,23). The van der Waals surface area contributed by atoms with Gasteiger partial charge >= 0.3 is 0 Å². The van der Waals surface area contributed by atoms with Crippen LogP contribution in [0.1, 0.15) is 11.4 Å². The van der Waals surface area contributed by atoms with Crippen molar-refractivity contribution in [3.63, 3.8) is 0 Å². The van der Waals surface area contributed by atoms with Crippen LogP contribution in [0.3, 0.4) is 0 Å². The largest absolute Gasteiger partial charge is 0.349 e. The monoisotopic (exact) mass is 420 g/mol. The van der Waals surface area contributed by atoms with Crippen molar-refractivity contribution in [2.75, 3.05) is 23.3 Å². The summed E-state index contributed by atoms with van der Waals surface area (Å²) < 4.78 is 8.56. The summed E-state index contributed by atoms with van der Waals surface area (Å²) >= 11 is 13.7. The maximum Gasteiger partial charge on any atom is 0.139 e. The molecule has 1 N–H and O–H groups in total. The van der Waals surface area contributed by atoms with E-state index >= 15 is 0 Å². The summed E-state index contributed by atoms with van der Waals surface area (Å²) in [5, 5.41) is 4.22. The molecule has 9 heteroatoms. The third-order valence-electron chi connectivity index (χ3n) is 3.92. The van der Waals surface area contributed by atoms with Crippen molar-refractivity contribution < 1.29 is 0 Å². The Morgan fingerprint density at radius 2 is 1.74 bits per heavy atom. The van der Waals surface area contributed by atoms with E-state index in [4.69, 9.17) is 23.2 Å². The highest BCUT2D eigenvalue weighted by Gasteiger charge is 2.18. The van der Waals surface area contributed by atoms with Gasteiger partial charge in [0.1, 0.15) is 28.5 Å². The molecule has 0 aliphatic rings. The number of halogens is 2. The first-order valence-electron chi connectivity index (χ1n) is 8.15. The van der Waals surface area contributed by atoms with Crippen LogP contribution in [0.2, 0.25) is 10.0 Å². The van der Waals surface area contributed by atoms with Crippen LogP contribution >= 0.6 is 34.9 Å². The third kappa shape index (κ3) is 3.90. The minimum Gasteiger partial charge on any atom is -0.349 e. The quantitative estimate of drug-likeness (QED) is 0.521. The number of aryl methyl sites for hydroxylation is 1. The summed E-state index contributed by atoms with van der Waals surface area (Å²) in [4.78, 5) is 11.2. The Kier molecular flexibility index (Phi) is 5.94. The van der Waals surface area contributed by atoms with Crippen molar-refractivity contribution in [1.82, 2.24) is 18.7 Å². The zero-order valence-corrected chi connectivity index (χ0v) is 17.3. The molecule has 0 saturated carbocycles. The second-order valence-electron chi connectivity index (χ2n) is 5.85. The number of hydrogen-bond donors (Lipinski definition) is 1. The molecule has 0 saturated heterocycles. The van der Waals surface area contributed by atoms with Crippen LogP contribution in [0.5, 0.6) is 0 Å². The van der Waals surface area contributed by atoms with Crippen LogP contribution in [0.25, 0.3) is 11.0 Å². The van der Waals surface area contributed by atoms with Gasteiger partial charge in [-0.1, -0.05) is 35.4 Å². The SMILES string of the molecule is C=CCN(CC=C)c1nc(C)nc(Nc2c(Cl)cc(Cl)c3nsnc23)c1C. The van der Waals surface area contributed by atoms with Gasteiger partial charge in [-0.2, -0.15) is 8.75 Å². The number of benzene rings is 1. The fourth-order valence-corrected chi connectivity index (χ4v) is 3.87. The van der Waals surface area contributed by atoms with Crippen LogP contribution < -0.4 is 10.2 Å². The average Bonchev–Trinajstić information content (AvgIpc) is 3.11. The molecule has 3 aromatic rings. The van der Waals surface area contributed by atoms with Crippen LogP contribution in [-0.2, 0) is 0 Å². The van der Waals surface area contributed by atoms with Gasteiger partial charge in [0.05, 0.1) is 27.5 Å². The number of anilines is 3. The van der Waals surface area contributed by atoms with Gasteiger partial charge in [-0.25, -0.2) is 9.97 Å². The summed E-state index contributed by atoms with van der Waals surface area (Å²) in [5.41, 5.74) is 2.73. The topological polar surface area (TPSA) is 66.8 Å². The van der Waals surface area contributed by atoms with Crippen molar-refractivity contribution >= 4 is 63.3 Å². The lowest BCUT2D eigenvalue weighted by Crippen LogP contribution is -2.26. The predicted molar refractivity (Wildman–Crippen MR) is 115 cm³/mol. The molecule has 2 aromatic heterocycles. The van der Waals surface area contributed by atoms with Crippen molar-refractivity contribution in [2.24, 2.45) is 0 Å². The van der Waals surface area contributed by atoms with Crippen molar-refractivity contribution in [2.45, 2.75) is 13.8 Å². The first-order chi connectivity index (χ1) is 13.0. The summed E-state index contributed by atoms with van der Waals surface area (Å²) in [7, 11) is 0. The fraction of sp³-hybridized carbons (Fsp3) is 0.222. The highest BCUT2D eigenvalue weighted by atomic mass is 35.5. The van der Waals surface area contributed by atoms with Crippen molar-refractivity contribution in [3.8, 4) is 0 Å². The lowest BCUT2D eigenvalue weighted by Gasteiger charge is -2.24. The molecule has 0 fully saturated rings. The minimum atomic E-state index is 0.450. The van der Waals surface area contributed by atoms with E-state index in [0.29, 0.717) is 51.5 Å². The number of aromatic nitrogens is 4. The molecule has 0 unspecified atom stereocenters. The van der Waals surface area contributed by atoms with Gasteiger partial charge in [0.25, 0.3) is 0 Å². The van der Waals surface area contributed by atoms with Gasteiger partial charge in [0.15, 0.2) is 0 Å². The molecule has 1 aromatic carbocycles. The van der Waals surface area contributed by atoms with E-state index < -0.39 is 0 Å². The van der Waals surface area contributed by atoms with Crippen LogP contribution in [-0.4, -0.2) is 31.8 Å². The first-order valence-corrected chi connectivity index (χ1v) is 9.64. The number of fused-ring (bicyclic) bond motifs is 1. The van der Waals surface area contributed by atoms with Gasteiger partial charge in [-0.3, -0.25) is 0 Å². The lowest BCUT2D eigenvalue weighted by atomic mass is 10.2. The van der Waals surface area contributed by atoms with Crippen molar-refractivity contribution in [1.29, 1.82) is 0 Å². The fourth-order valence-electron chi connectivity index (χ4n) is 2.71. The molecule has 140 valence electrons. The molecular weight excluding hydrogens is 403 g/mol. The molecule has 0 atom stereocenters. The van der Waals surface area contributed by atoms with Gasteiger partial charge < -0.3 is 10.2 Å². The Morgan fingerprint density at radius 3 is 2.41 bits per heavy atom. The van der Waals surface area contributed by atoms with E-state index in [9.17, 15) is 0 Å². The molecule has 0 aliphatic heterocycles. The Bertz CT molecular complexity index is 1010. The Hall–Kier alpha value is -2.22. The maximum atomic E-state index is 6.42. The number of rotatable bonds is 7. The van der Waals surface area contributed by atoms with E-state index in [0.717, 1.165) is 23.1 Å². The molecule has 27 heavy (non-hydrogen) atoms. The second kappa shape index (κ2) is 8.21. The van der Waals surface area contributed by atoms with E-state index in [1.54, 1.807) is 6.07 Å². The van der Waals surface area contributed by atoms with Crippen LogP contribution in [0.4, 0.5) is 17.3 Å². The minimum absolute atomic E-state index is 0.450. The molecular formula is C18H18Cl2N6S. The molecule has 0 aliphatic carbocycles. The van der Waals surface area contributed by atoms with E-state index in [1.807, 2.05) is 26.0 Å². The van der Waals surface area contributed by atoms with Gasteiger partial charge in [0.2, 0.25) is 0 Å². The first kappa shape index (κ1) is 19.5. The molecule has 3 rings (SSSR count). The van der Waals surface area contributed by atoms with E-state index in [-0.39, 0.29) is 0 Å². The average molecular weight is 421 g/mol. The number of hydrogen-bond acceptors (Lipinski definition) is 7. The molecule has 0 bridgehead atoms. The molecule has 0 amide bonds. The normalized spacial score (nSPS) is 10.8. The zero-order valence-electron chi connectivity index (χ0n) is 15.0. The summed E-state index contributed by atoms with van der Waals surface area (Å²) in [6.45, 7) is 12.7. The Balaban J connectivity index is 2.10. The highest BCUT2D eigenvalue weighted by molar-refractivity contribution is 7.00. The van der Waals surface area contributed by atoms with Crippen LogP contribution in [0, 0.1) is 13.8 Å². The van der Waals surface area contributed by atoms with Crippen LogP contribution in [0.15, 0.2) is 31.4 Å². The van der Waals surface area contributed by atoms with E-state index in [2.05, 4.69) is 42.1 Å². The smallest absolute Gasteiger partial charge is 0.139 e. The molecule has 2 heterocycles. The zero-order chi connectivity index (χ0) is 19.6. The summed E-state index contributed by atoms with van der Waals surface area (Å²) in [5.74, 6) is 2.09.